The Hall–Kier alpha value is -2.26. The van der Waals surface area contributed by atoms with E-state index < -0.39 is 12.1 Å². The van der Waals surface area contributed by atoms with Gasteiger partial charge in [-0.05, 0) is 13.0 Å². The van der Waals surface area contributed by atoms with Crippen LogP contribution in [0.4, 0.5) is 0 Å². The highest BCUT2D eigenvalue weighted by molar-refractivity contribution is 7.16. The maximum absolute atomic E-state index is 11.7. The molecule has 0 radical (unpaired) electrons. The van der Waals surface area contributed by atoms with Crippen molar-refractivity contribution in [1.29, 1.82) is 0 Å². The van der Waals surface area contributed by atoms with Crippen molar-refractivity contribution in [3.05, 3.63) is 29.5 Å². The van der Waals surface area contributed by atoms with Crippen LogP contribution in [0.15, 0.2) is 24.7 Å². The van der Waals surface area contributed by atoms with Crippen molar-refractivity contribution in [1.82, 2.24) is 15.0 Å². The Kier molecular flexibility index (Phi) is 3.65. The van der Waals surface area contributed by atoms with E-state index in [2.05, 4.69) is 20.9 Å². The summed E-state index contributed by atoms with van der Waals surface area (Å²) >= 11 is 1.17. The van der Waals surface area contributed by atoms with E-state index in [4.69, 9.17) is 11.2 Å². The summed E-state index contributed by atoms with van der Waals surface area (Å²) < 4.78 is 4.99. The van der Waals surface area contributed by atoms with Crippen molar-refractivity contribution >= 4 is 17.3 Å². The first-order valence-corrected chi connectivity index (χ1v) is 5.92. The van der Waals surface area contributed by atoms with E-state index in [1.54, 1.807) is 25.4 Å². The molecular weight excluding hydrogens is 250 g/mol. The Bertz CT molecular complexity index is 589. The van der Waals surface area contributed by atoms with Crippen LogP contribution in [0.1, 0.15) is 16.6 Å². The monoisotopic (exact) mass is 259 g/mol. The highest BCUT2D eigenvalue weighted by atomic mass is 32.1. The summed E-state index contributed by atoms with van der Waals surface area (Å²) in [5, 5.41) is 0.566. The SMILES string of the molecule is C#CC(C)OC(=O)c1cnc(-c2ncccn2)s1. The van der Waals surface area contributed by atoms with Gasteiger partial charge in [-0.25, -0.2) is 19.7 Å². The molecule has 0 aliphatic heterocycles. The van der Waals surface area contributed by atoms with Crippen LogP contribution in [0, 0.1) is 12.3 Å². The lowest BCUT2D eigenvalue weighted by Crippen LogP contribution is -2.11. The fourth-order valence-corrected chi connectivity index (χ4v) is 1.88. The number of terminal acetylenes is 1. The lowest BCUT2D eigenvalue weighted by Gasteiger charge is -2.04. The van der Waals surface area contributed by atoms with Gasteiger partial charge in [-0.15, -0.1) is 17.8 Å². The van der Waals surface area contributed by atoms with E-state index in [9.17, 15) is 4.79 Å². The minimum Gasteiger partial charge on any atom is -0.445 e. The van der Waals surface area contributed by atoms with Gasteiger partial charge in [0.05, 0.1) is 6.20 Å². The van der Waals surface area contributed by atoms with Crippen LogP contribution in [0.5, 0.6) is 0 Å². The van der Waals surface area contributed by atoms with Gasteiger partial charge in [0, 0.05) is 12.4 Å². The van der Waals surface area contributed by atoms with Crippen molar-refractivity contribution in [3.8, 4) is 23.2 Å². The van der Waals surface area contributed by atoms with Crippen LogP contribution in [-0.2, 0) is 4.74 Å². The smallest absolute Gasteiger partial charge is 0.351 e. The van der Waals surface area contributed by atoms with Crippen molar-refractivity contribution in [2.75, 3.05) is 0 Å². The maximum atomic E-state index is 11.7. The number of carbonyl (C=O) groups excluding carboxylic acids is 1. The lowest BCUT2D eigenvalue weighted by atomic mass is 10.4. The second-order valence-corrected chi connectivity index (χ2v) is 4.35. The summed E-state index contributed by atoms with van der Waals surface area (Å²) in [6.45, 7) is 1.63. The molecule has 0 saturated heterocycles. The van der Waals surface area contributed by atoms with Crippen LogP contribution in [-0.4, -0.2) is 27.0 Å². The average molecular weight is 259 g/mol. The minimum absolute atomic E-state index is 0.375. The van der Waals surface area contributed by atoms with Gasteiger partial charge < -0.3 is 4.74 Å². The molecule has 0 spiro atoms. The predicted octanol–water partition coefficient (Wildman–Crippen LogP) is 1.78. The maximum Gasteiger partial charge on any atom is 0.351 e. The number of hydrogen-bond donors (Lipinski definition) is 0. The molecule has 0 aliphatic rings. The summed E-state index contributed by atoms with van der Waals surface area (Å²) in [5.74, 6) is 2.31. The molecule has 2 aromatic rings. The molecule has 0 saturated carbocycles. The predicted molar refractivity (Wildman–Crippen MR) is 66.9 cm³/mol. The van der Waals surface area contributed by atoms with Gasteiger partial charge in [-0.1, -0.05) is 5.92 Å². The van der Waals surface area contributed by atoms with Gasteiger partial charge in [0.1, 0.15) is 4.88 Å². The van der Waals surface area contributed by atoms with E-state index in [1.165, 1.54) is 17.5 Å². The van der Waals surface area contributed by atoms with E-state index in [-0.39, 0.29) is 0 Å². The van der Waals surface area contributed by atoms with Gasteiger partial charge in [0.25, 0.3) is 0 Å². The number of carbonyl (C=O) groups is 1. The minimum atomic E-state index is -0.559. The number of ether oxygens (including phenoxy) is 1. The van der Waals surface area contributed by atoms with Crippen LogP contribution in [0.2, 0.25) is 0 Å². The normalized spacial score (nSPS) is 11.6. The first kappa shape index (κ1) is 12.2. The number of nitrogens with zero attached hydrogens (tertiary/aromatic N) is 3. The Morgan fingerprint density at radius 1 is 1.44 bits per heavy atom. The number of esters is 1. The van der Waals surface area contributed by atoms with Crippen molar-refractivity contribution in [2.24, 2.45) is 0 Å². The fraction of sp³-hybridized carbons (Fsp3) is 0.167. The van der Waals surface area contributed by atoms with Crippen LogP contribution >= 0.6 is 11.3 Å². The number of aromatic nitrogens is 3. The molecule has 1 atom stereocenters. The Balaban J connectivity index is 2.17. The van der Waals surface area contributed by atoms with Crippen molar-refractivity contribution < 1.29 is 9.53 Å². The quantitative estimate of drug-likeness (QED) is 0.621. The number of thiazole rings is 1. The van der Waals surface area contributed by atoms with E-state index in [0.29, 0.717) is 15.7 Å². The Labute approximate surface area is 108 Å². The second-order valence-electron chi connectivity index (χ2n) is 3.32. The zero-order chi connectivity index (χ0) is 13.0. The molecule has 90 valence electrons. The van der Waals surface area contributed by atoms with Gasteiger partial charge in [0.15, 0.2) is 16.9 Å². The molecule has 0 aromatic carbocycles. The molecule has 2 rings (SSSR count). The summed E-state index contributed by atoms with van der Waals surface area (Å²) in [6.07, 6.45) is 9.23. The molecule has 18 heavy (non-hydrogen) atoms. The van der Waals surface area contributed by atoms with Gasteiger partial charge in [-0.2, -0.15) is 0 Å². The molecule has 0 amide bonds. The number of rotatable bonds is 3. The van der Waals surface area contributed by atoms with E-state index >= 15 is 0 Å². The molecule has 0 fully saturated rings. The molecule has 0 aliphatic carbocycles. The highest BCUT2D eigenvalue weighted by Crippen LogP contribution is 2.22. The van der Waals surface area contributed by atoms with Crippen LogP contribution in [0.25, 0.3) is 10.8 Å². The van der Waals surface area contributed by atoms with Gasteiger partial charge in [0.2, 0.25) is 0 Å². The molecular formula is C12H9N3O2S. The third-order valence-electron chi connectivity index (χ3n) is 1.98. The van der Waals surface area contributed by atoms with E-state index in [0.717, 1.165) is 0 Å². The summed E-state index contributed by atoms with van der Waals surface area (Å²) in [5.41, 5.74) is 0. The van der Waals surface area contributed by atoms with Crippen LogP contribution < -0.4 is 0 Å². The zero-order valence-corrected chi connectivity index (χ0v) is 10.3. The molecule has 2 aromatic heterocycles. The Morgan fingerprint density at radius 2 is 2.17 bits per heavy atom. The lowest BCUT2D eigenvalue weighted by molar-refractivity contribution is 0.0444. The van der Waals surface area contributed by atoms with Gasteiger partial charge in [-0.3, -0.25) is 0 Å². The van der Waals surface area contributed by atoms with Crippen molar-refractivity contribution in [3.63, 3.8) is 0 Å². The first-order chi connectivity index (χ1) is 8.70. The molecule has 0 bridgehead atoms. The van der Waals surface area contributed by atoms with Gasteiger partial charge >= 0.3 is 5.97 Å². The molecule has 2 heterocycles. The fourth-order valence-electron chi connectivity index (χ4n) is 1.13. The molecule has 1 unspecified atom stereocenters. The van der Waals surface area contributed by atoms with Crippen molar-refractivity contribution in [2.45, 2.75) is 13.0 Å². The summed E-state index contributed by atoms with van der Waals surface area (Å²) in [4.78, 5) is 24.2. The molecule has 6 heteroatoms. The molecule has 5 nitrogen and oxygen atoms in total. The van der Waals surface area contributed by atoms with Crippen LogP contribution in [0.3, 0.4) is 0 Å². The second kappa shape index (κ2) is 5.38. The highest BCUT2D eigenvalue weighted by Gasteiger charge is 2.15. The Morgan fingerprint density at radius 3 is 2.83 bits per heavy atom. The third-order valence-corrected chi connectivity index (χ3v) is 2.96. The third kappa shape index (κ3) is 2.70. The summed E-state index contributed by atoms with van der Waals surface area (Å²) in [6, 6.07) is 1.71. The number of hydrogen-bond acceptors (Lipinski definition) is 6. The topological polar surface area (TPSA) is 65.0 Å². The zero-order valence-electron chi connectivity index (χ0n) is 9.53. The largest absolute Gasteiger partial charge is 0.445 e. The summed E-state index contributed by atoms with van der Waals surface area (Å²) in [7, 11) is 0. The van der Waals surface area contributed by atoms with E-state index in [1.807, 2.05) is 0 Å². The average Bonchev–Trinajstić information content (AvgIpc) is 2.89. The molecule has 0 N–H and O–H groups in total. The standard InChI is InChI=1S/C12H9N3O2S/c1-3-8(2)17-12(16)9-7-15-11(18-9)10-13-5-4-6-14-10/h1,4-8H,2H3. The first-order valence-electron chi connectivity index (χ1n) is 5.11.